The van der Waals surface area contributed by atoms with E-state index in [4.69, 9.17) is 0 Å². The lowest BCUT2D eigenvalue weighted by Crippen LogP contribution is -1.77. The van der Waals surface area contributed by atoms with Crippen LogP contribution in [0.1, 0.15) is 130 Å². The van der Waals surface area contributed by atoms with E-state index in [0.717, 1.165) is 29.6 Å². The van der Waals surface area contributed by atoms with Crippen molar-refractivity contribution in [2.75, 3.05) is 0 Å². The molecule has 0 radical (unpaired) electrons. The highest BCUT2D eigenvalue weighted by atomic mass is 13.9. The van der Waals surface area contributed by atoms with E-state index in [9.17, 15) is 0 Å². The van der Waals surface area contributed by atoms with Crippen molar-refractivity contribution in [3.8, 4) is 0 Å². The molecule has 0 aromatic heterocycles. The van der Waals surface area contributed by atoms with Crippen LogP contribution in [0.2, 0.25) is 0 Å². The molecule has 0 saturated carbocycles. The van der Waals surface area contributed by atoms with Gasteiger partial charge in [0.25, 0.3) is 0 Å². The Morgan fingerprint density at radius 2 is 0.375 bits per heavy atom. The lowest BCUT2D eigenvalue weighted by Gasteiger charge is -1.90. The third kappa shape index (κ3) is 152. The molecule has 0 heterocycles. The van der Waals surface area contributed by atoms with E-state index in [1.54, 1.807) is 0 Å². The average molecular weight is 347 g/mol. The van der Waals surface area contributed by atoms with Crippen LogP contribution in [0, 0.1) is 29.6 Å². The summed E-state index contributed by atoms with van der Waals surface area (Å²) in [6.45, 7) is 33.1. The number of hydrogen-bond acceptors (Lipinski definition) is 0. The molecule has 0 unspecified atom stereocenters. The van der Waals surface area contributed by atoms with Crippen LogP contribution >= 0.6 is 0 Å². The molecular formula is C24H58. The van der Waals surface area contributed by atoms with Gasteiger partial charge in [0.15, 0.2) is 0 Å². The zero-order chi connectivity index (χ0) is 20.7. The second kappa shape index (κ2) is 30.8. The van der Waals surface area contributed by atoms with E-state index in [0.29, 0.717) is 0 Å². The minimum Gasteiger partial charge on any atom is -0.0651 e. The summed E-state index contributed by atoms with van der Waals surface area (Å²) in [5, 5.41) is 0. The molecule has 0 aliphatic heterocycles. The van der Waals surface area contributed by atoms with Gasteiger partial charge in [0.2, 0.25) is 0 Å². The molecule has 0 N–H and O–H groups in total. The molecule has 24 heavy (non-hydrogen) atoms. The van der Waals surface area contributed by atoms with E-state index < -0.39 is 0 Å². The van der Waals surface area contributed by atoms with E-state index in [1.807, 2.05) is 0 Å². The Labute approximate surface area is 159 Å². The first-order valence-corrected chi connectivity index (χ1v) is 10.8. The van der Waals surface area contributed by atoms with Crippen molar-refractivity contribution >= 4 is 0 Å². The fraction of sp³-hybridized carbons (Fsp3) is 1.00. The fourth-order valence-corrected chi connectivity index (χ4v) is 0. The number of rotatable bonds is 4. The Morgan fingerprint density at radius 3 is 0.375 bits per heavy atom. The predicted molar refractivity (Wildman–Crippen MR) is 121 cm³/mol. The van der Waals surface area contributed by atoms with Crippen molar-refractivity contribution in [1.29, 1.82) is 0 Å². The third-order valence-corrected chi connectivity index (χ3v) is 3.27. The summed E-state index contributed by atoms with van der Waals surface area (Å²) in [6, 6.07) is 0. The van der Waals surface area contributed by atoms with Crippen molar-refractivity contribution in [3.05, 3.63) is 0 Å². The molecule has 0 atom stereocenters. The van der Waals surface area contributed by atoms with Gasteiger partial charge in [0, 0.05) is 0 Å². The minimum atomic E-state index is 0.833. The van der Waals surface area contributed by atoms with Gasteiger partial charge in [-0.1, -0.05) is 130 Å². The molecule has 0 saturated heterocycles. The van der Waals surface area contributed by atoms with Crippen LogP contribution in [0.15, 0.2) is 0 Å². The Kier molecular flexibility index (Phi) is 45.2. The van der Waals surface area contributed by atoms with Crippen molar-refractivity contribution < 1.29 is 0 Å². The fourth-order valence-electron chi connectivity index (χ4n) is 0. The highest BCUT2D eigenvalue weighted by Crippen LogP contribution is 1.95. The first-order chi connectivity index (χ1) is 10.8. The van der Waals surface area contributed by atoms with Crippen LogP contribution < -0.4 is 0 Å². The highest BCUT2D eigenvalue weighted by molar-refractivity contribution is 4.34. The largest absolute Gasteiger partial charge is 0.0651 e. The van der Waals surface area contributed by atoms with Gasteiger partial charge in [-0.15, -0.1) is 0 Å². The van der Waals surface area contributed by atoms with Gasteiger partial charge in [-0.3, -0.25) is 0 Å². The van der Waals surface area contributed by atoms with E-state index in [2.05, 4.69) is 104 Å². The van der Waals surface area contributed by atoms with Crippen LogP contribution in [0.5, 0.6) is 0 Å². The summed E-state index contributed by atoms with van der Waals surface area (Å²) in [5.41, 5.74) is 0. The molecule has 0 fully saturated rings. The molecule has 0 amide bonds. The molecular weight excluding hydrogens is 288 g/mol. The quantitative estimate of drug-likeness (QED) is 0.475. The maximum absolute atomic E-state index is 2.22. The molecule has 154 valence electrons. The monoisotopic (exact) mass is 346 g/mol. The van der Waals surface area contributed by atoms with Crippen LogP contribution in [-0.4, -0.2) is 0 Å². The molecule has 0 bridgehead atoms. The first kappa shape index (κ1) is 35.2. The van der Waals surface area contributed by atoms with Crippen molar-refractivity contribution in [2.45, 2.75) is 130 Å². The van der Waals surface area contributed by atoms with Crippen molar-refractivity contribution in [1.82, 2.24) is 0 Å². The van der Waals surface area contributed by atoms with Gasteiger partial charge < -0.3 is 0 Å². The smallest absolute Gasteiger partial charge is 0.0474 e. The Hall–Kier alpha value is 0. The third-order valence-electron chi connectivity index (χ3n) is 3.27. The standard InChI is InChI=1S/4C5H12.C4H10/c4*1-4-5(2)3;1-4(2)3/h4*5H,4H2,1-3H3;4H,1-3H3. The Bertz CT molecular complexity index is 117. The summed E-state index contributed by atoms with van der Waals surface area (Å²) in [5.74, 6) is 4.37. The minimum absolute atomic E-state index is 0.833. The highest BCUT2D eigenvalue weighted by Gasteiger charge is 1.81. The van der Waals surface area contributed by atoms with Crippen molar-refractivity contribution in [2.24, 2.45) is 29.6 Å². The van der Waals surface area contributed by atoms with Gasteiger partial charge in [-0.05, 0) is 29.6 Å². The van der Waals surface area contributed by atoms with Gasteiger partial charge in [0.05, 0.1) is 0 Å². The lowest BCUT2D eigenvalue weighted by molar-refractivity contribution is 0.626. The maximum Gasteiger partial charge on any atom is -0.0474 e. The zero-order valence-electron chi connectivity index (χ0n) is 20.7. The normalized spacial score (nSPS) is 9.50. The first-order valence-electron chi connectivity index (χ1n) is 10.8. The number of hydrogen-bond donors (Lipinski definition) is 0. The summed E-state index contributed by atoms with van der Waals surface area (Å²) in [7, 11) is 0. The Morgan fingerprint density at radius 1 is 0.333 bits per heavy atom. The van der Waals surface area contributed by atoms with E-state index >= 15 is 0 Å². The molecule has 0 aromatic rings. The van der Waals surface area contributed by atoms with Crippen LogP contribution in [0.3, 0.4) is 0 Å². The predicted octanol–water partition coefficient (Wildman–Crippen LogP) is 9.87. The Balaban J connectivity index is -0.0000000628. The van der Waals surface area contributed by atoms with Gasteiger partial charge in [-0.2, -0.15) is 0 Å². The molecule has 0 aliphatic rings. The molecule has 0 heteroatoms. The summed E-state index contributed by atoms with van der Waals surface area (Å²) in [4.78, 5) is 0. The van der Waals surface area contributed by atoms with Crippen LogP contribution in [0.4, 0.5) is 0 Å². The van der Waals surface area contributed by atoms with Crippen LogP contribution in [-0.2, 0) is 0 Å². The topological polar surface area (TPSA) is 0 Å². The molecule has 0 nitrogen and oxygen atoms in total. The second-order valence-corrected chi connectivity index (χ2v) is 8.94. The van der Waals surface area contributed by atoms with Gasteiger partial charge >= 0.3 is 0 Å². The lowest BCUT2D eigenvalue weighted by atomic mass is 10.2. The molecule has 0 aliphatic carbocycles. The second-order valence-electron chi connectivity index (χ2n) is 8.94. The summed E-state index contributed by atoms with van der Waals surface area (Å²) < 4.78 is 0. The molecule has 0 rings (SSSR count). The van der Waals surface area contributed by atoms with E-state index in [-0.39, 0.29) is 0 Å². The molecule has 0 aromatic carbocycles. The zero-order valence-corrected chi connectivity index (χ0v) is 20.7. The summed E-state index contributed by atoms with van der Waals surface area (Å²) >= 11 is 0. The van der Waals surface area contributed by atoms with E-state index in [1.165, 1.54) is 25.7 Å². The average Bonchev–Trinajstić information content (AvgIpc) is 2.48. The SMILES string of the molecule is CC(C)C.CCC(C)C.CCC(C)C.CCC(C)C.CCC(C)C. The molecule has 0 spiro atoms. The van der Waals surface area contributed by atoms with Crippen molar-refractivity contribution in [3.63, 3.8) is 0 Å². The summed E-state index contributed by atoms with van der Waals surface area (Å²) in [6.07, 6.45) is 5.22. The van der Waals surface area contributed by atoms with Crippen LogP contribution in [0.25, 0.3) is 0 Å². The van der Waals surface area contributed by atoms with Gasteiger partial charge in [-0.25, -0.2) is 0 Å². The maximum atomic E-state index is 2.22. The van der Waals surface area contributed by atoms with Gasteiger partial charge in [0.1, 0.15) is 0 Å².